The molecule has 106 valence electrons. The van der Waals surface area contributed by atoms with E-state index in [1.54, 1.807) is 0 Å². The largest absolute Gasteiger partial charge is 0.493 e. The summed E-state index contributed by atoms with van der Waals surface area (Å²) in [5, 5.41) is 3.43. The summed E-state index contributed by atoms with van der Waals surface area (Å²) >= 11 is 3.51. The molecule has 2 unspecified atom stereocenters. The number of hydrogen-bond acceptors (Lipinski definition) is 3. The van der Waals surface area contributed by atoms with Gasteiger partial charge in [-0.2, -0.15) is 0 Å². The summed E-state index contributed by atoms with van der Waals surface area (Å²) in [4.78, 5) is 0. The molecule has 0 radical (unpaired) electrons. The second-order valence-electron chi connectivity index (χ2n) is 5.00. The van der Waals surface area contributed by atoms with E-state index in [0.717, 1.165) is 43.0 Å². The third-order valence-electron chi connectivity index (χ3n) is 3.45. The lowest BCUT2D eigenvalue weighted by Crippen LogP contribution is -2.19. The van der Waals surface area contributed by atoms with Crippen molar-refractivity contribution in [3.63, 3.8) is 0 Å². The quantitative estimate of drug-likeness (QED) is 0.866. The Labute approximate surface area is 123 Å². The highest BCUT2D eigenvalue weighted by Crippen LogP contribution is 2.29. The molecule has 4 heteroatoms. The first-order valence-corrected chi connectivity index (χ1v) is 7.73. The van der Waals surface area contributed by atoms with Crippen LogP contribution in [0, 0.1) is 5.92 Å². The van der Waals surface area contributed by atoms with Crippen LogP contribution in [-0.2, 0) is 4.74 Å². The summed E-state index contributed by atoms with van der Waals surface area (Å²) in [6.45, 7) is 7.67. The lowest BCUT2D eigenvalue weighted by molar-refractivity contribution is 0.166. The molecule has 1 aliphatic rings. The standard InChI is InChI=1S/C15H22BrNO2/c1-3-17-11(2)14-5-4-13(16)8-15(14)19-10-12-6-7-18-9-12/h4-5,8,11-12,17H,3,6-7,9-10H2,1-2H3. The summed E-state index contributed by atoms with van der Waals surface area (Å²) in [5.74, 6) is 1.50. The summed E-state index contributed by atoms with van der Waals surface area (Å²) in [5.41, 5.74) is 1.21. The average molecular weight is 328 g/mol. The molecule has 0 bridgehead atoms. The van der Waals surface area contributed by atoms with Crippen LogP contribution in [-0.4, -0.2) is 26.4 Å². The smallest absolute Gasteiger partial charge is 0.125 e. The van der Waals surface area contributed by atoms with Gasteiger partial charge in [0.1, 0.15) is 5.75 Å². The summed E-state index contributed by atoms with van der Waals surface area (Å²) in [6, 6.07) is 6.54. The lowest BCUT2D eigenvalue weighted by atomic mass is 10.1. The van der Waals surface area contributed by atoms with E-state index in [1.807, 2.05) is 0 Å². The fraction of sp³-hybridized carbons (Fsp3) is 0.600. The van der Waals surface area contributed by atoms with Gasteiger partial charge in [0.2, 0.25) is 0 Å². The van der Waals surface area contributed by atoms with Crippen LogP contribution in [0.4, 0.5) is 0 Å². The first-order valence-electron chi connectivity index (χ1n) is 6.94. The van der Waals surface area contributed by atoms with Crippen LogP contribution in [0.15, 0.2) is 22.7 Å². The SMILES string of the molecule is CCNC(C)c1ccc(Br)cc1OCC1CCOC1. The van der Waals surface area contributed by atoms with Gasteiger partial charge in [-0.25, -0.2) is 0 Å². The third kappa shape index (κ3) is 4.20. The number of benzene rings is 1. The minimum absolute atomic E-state index is 0.299. The van der Waals surface area contributed by atoms with Crippen molar-refractivity contribution in [3.05, 3.63) is 28.2 Å². The molecule has 2 atom stereocenters. The molecule has 0 saturated carbocycles. The molecule has 1 fully saturated rings. The molecular weight excluding hydrogens is 306 g/mol. The van der Waals surface area contributed by atoms with Crippen molar-refractivity contribution in [2.45, 2.75) is 26.3 Å². The van der Waals surface area contributed by atoms with Gasteiger partial charge in [0, 0.05) is 28.6 Å². The van der Waals surface area contributed by atoms with E-state index in [-0.39, 0.29) is 0 Å². The predicted octanol–water partition coefficient (Wildman–Crippen LogP) is 3.53. The second kappa shape index (κ2) is 7.27. The monoisotopic (exact) mass is 327 g/mol. The van der Waals surface area contributed by atoms with Gasteiger partial charge in [0.05, 0.1) is 13.2 Å². The highest BCUT2D eigenvalue weighted by atomic mass is 79.9. The van der Waals surface area contributed by atoms with Crippen molar-refractivity contribution in [2.75, 3.05) is 26.4 Å². The fourth-order valence-corrected chi connectivity index (χ4v) is 2.67. The predicted molar refractivity (Wildman–Crippen MR) is 80.7 cm³/mol. The van der Waals surface area contributed by atoms with E-state index in [2.05, 4.69) is 53.3 Å². The zero-order chi connectivity index (χ0) is 13.7. The van der Waals surface area contributed by atoms with Gasteiger partial charge in [-0.1, -0.05) is 28.9 Å². The van der Waals surface area contributed by atoms with Crippen molar-refractivity contribution in [3.8, 4) is 5.75 Å². The highest BCUT2D eigenvalue weighted by Gasteiger charge is 2.18. The Kier molecular flexibility index (Phi) is 5.67. The van der Waals surface area contributed by atoms with Crippen LogP contribution in [0.25, 0.3) is 0 Å². The maximum Gasteiger partial charge on any atom is 0.125 e. The highest BCUT2D eigenvalue weighted by molar-refractivity contribution is 9.10. The van der Waals surface area contributed by atoms with Gasteiger partial charge < -0.3 is 14.8 Å². The van der Waals surface area contributed by atoms with Crippen molar-refractivity contribution in [1.82, 2.24) is 5.32 Å². The number of nitrogens with one attached hydrogen (secondary N) is 1. The molecule has 1 aliphatic heterocycles. The minimum atomic E-state index is 0.299. The topological polar surface area (TPSA) is 30.5 Å². The lowest BCUT2D eigenvalue weighted by Gasteiger charge is -2.19. The Morgan fingerprint density at radius 1 is 1.53 bits per heavy atom. The first kappa shape index (κ1) is 14.8. The van der Waals surface area contributed by atoms with E-state index in [4.69, 9.17) is 9.47 Å². The molecule has 1 N–H and O–H groups in total. The van der Waals surface area contributed by atoms with E-state index in [9.17, 15) is 0 Å². The molecule has 1 aromatic carbocycles. The molecule has 0 aliphatic carbocycles. The van der Waals surface area contributed by atoms with Crippen molar-refractivity contribution >= 4 is 15.9 Å². The molecule has 1 saturated heterocycles. The average Bonchev–Trinajstić information content (AvgIpc) is 2.89. The number of halogens is 1. The second-order valence-corrected chi connectivity index (χ2v) is 5.92. The molecule has 0 amide bonds. The molecule has 3 nitrogen and oxygen atoms in total. The third-order valence-corrected chi connectivity index (χ3v) is 3.94. The maximum atomic E-state index is 6.02. The van der Waals surface area contributed by atoms with Crippen LogP contribution in [0.2, 0.25) is 0 Å². The maximum absolute atomic E-state index is 6.02. The van der Waals surface area contributed by atoms with Gasteiger partial charge in [-0.15, -0.1) is 0 Å². The number of rotatable bonds is 6. The molecule has 0 aromatic heterocycles. The molecule has 2 rings (SSSR count). The van der Waals surface area contributed by atoms with E-state index >= 15 is 0 Å². The molecule has 0 spiro atoms. The Balaban J connectivity index is 2.05. The molecule has 1 heterocycles. The van der Waals surface area contributed by atoms with Crippen LogP contribution in [0.1, 0.15) is 31.9 Å². The normalized spacial score (nSPS) is 20.5. The van der Waals surface area contributed by atoms with Gasteiger partial charge in [-0.05, 0) is 32.0 Å². The van der Waals surface area contributed by atoms with Gasteiger partial charge in [0.15, 0.2) is 0 Å². The van der Waals surface area contributed by atoms with Crippen LogP contribution < -0.4 is 10.1 Å². The van der Waals surface area contributed by atoms with Gasteiger partial charge in [0.25, 0.3) is 0 Å². The fourth-order valence-electron chi connectivity index (χ4n) is 2.33. The van der Waals surface area contributed by atoms with E-state index < -0.39 is 0 Å². The van der Waals surface area contributed by atoms with Crippen LogP contribution in [0.5, 0.6) is 5.75 Å². The summed E-state index contributed by atoms with van der Waals surface area (Å²) in [6.07, 6.45) is 1.10. The minimum Gasteiger partial charge on any atom is -0.493 e. The van der Waals surface area contributed by atoms with Crippen molar-refractivity contribution < 1.29 is 9.47 Å². The Hall–Kier alpha value is -0.580. The Morgan fingerprint density at radius 2 is 2.37 bits per heavy atom. The Morgan fingerprint density at radius 3 is 3.05 bits per heavy atom. The first-order chi connectivity index (χ1) is 9.20. The molecule has 19 heavy (non-hydrogen) atoms. The summed E-state index contributed by atoms with van der Waals surface area (Å²) < 4.78 is 12.5. The zero-order valence-corrected chi connectivity index (χ0v) is 13.2. The molecule has 1 aromatic rings. The number of ether oxygens (including phenoxy) is 2. The van der Waals surface area contributed by atoms with Gasteiger partial charge in [-0.3, -0.25) is 0 Å². The van der Waals surface area contributed by atoms with E-state index in [0.29, 0.717) is 12.0 Å². The molecular formula is C15H22BrNO2. The van der Waals surface area contributed by atoms with Crippen LogP contribution >= 0.6 is 15.9 Å². The zero-order valence-electron chi connectivity index (χ0n) is 11.6. The van der Waals surface area contributed by atoms with Gasteiger partial charge >= 0.3 is 0 Å². The van der Waals surface area contributed by atoms with Crippen molar-refractivity contribution in [2.24, 2.45) is 5.92 Å². The summed E-state index contributed by atoms with van der Waals surface area (Å²) in [7, 11) is 0. The van der Waals surface area contributed by atoms with Crippen molar-refractivity contribution in [1.29, 1.82) is 0 Å². The Bertz CT molecular complexity index is 405. The number of hydrogen-bond donors (Lipinski definition) is 1. The van der Waals surface area contributed by atoms with E-state index in [1.165, 1.54) is 5.56 Å². The van der Waals surface area contributed by atoms with Crippen LogP contribution in [0.3, 0.4) is 0 Å².